The third-order valence-corrected chi connectivity index (χ3v) is 6.30. The fourth-order valence-corrected chi connectivity index (χ4v) is 4.82. The van der Waals surface area contributed by atoms with Crippen molar-refractivity contribution in [1.82, 2.24) is 0 Å². The van der Waals surface area contributed by atoms with Crippen LogP contribution in [0.3, 0.4) is 0 Å². The highest BCUT2D eigenvalue weighted by Gasteiger charge is 2.29. The zero-order valence-corrected chi connectivity index (χ0v) is 14.4. The van der Waals surface area contributed by atoms with E-state index in [1.807, 2.05) is 24.3 Å². The van der Waals surface area contributed by atoms with Crippen molar-refractivity contribution in [2.75, 3.05) is 22.8 Å². The summed E-state index contributed by atoms with van der Waals surface area (Å²) in [5, 5.41) is 2.66. The number of carbonyl (C=O) groups is 1. The van der Waals surface area contributed by atoms with Crippen molar-refractivity contribution in [2.45, 2.75) is 24.2 Å². The first-order chi connectivity index (χ1) is 12.1. The maximum Gasteiger partial charge on any atom is 0.264 e. The SMILES string of the molecule is O=C1COc2ccc(S(=O)(=O)N3CCCCc4ccccc43)cc2N1. The first-order valence-corrected chi connectivity index (χ1v) is 9.67. The first kappa shape index (κ1) is 16.0. The van der Waals surface area contributed by atoms with Gasteiger partial charge in [-0.1, -0.05) is 18.2 Å². The molecule has 25 heavy (non-hydrogen) atoms. The number of carbonyl (C=O) groups excluding carboxylic acids is 1. The second kappa shape index (κ2) is 6.07. The van der Waals surface area contributed by atoms with Crippen molar-refractivity contribution in [3.05, 3.63) is 48.0 Å². The number of rotatable bonds is 2. The van der Waals surface area contributed by atoms with Crippen LogP contribution in [0.25, 0.3) is 0 Å². The number of anilines is 2. The van der Waals surface area contributed by atoms with Gasteiger partial charge in [0.1, 0.15) is 5.75 Å². The van der Waals surface area contributed by atoms with E-state index in [1.54, 1.807) is 6.07 Å². The van der Waals surface area contributed by atoms with Gasteiger partial charge < -0.3 is 10.1 Å². The van der Waals surface area contributed by atoms with Gasteiger partial charge in [0.2, 0.25) is 0 Å². The molecule has 0 aliphatic carbocycles. The van der Waals surface area contributed by atoms with Crippen LogP contribution in [-0.4, -0.2) is 27.5 Å². The van der Waals surface area contributed by atoms with E-state index in [0.717, 1.165) is 30.5 Å². The van der Waals surface area contributed by atoms with E-state index in [0.29, 0.717) is 18.0 Å². The smallest absolute Gasteiger partial charge is 0.264 e. The predicted molar refractivity (Wildman–Crippen MR) is 94.5 cm³/mol. The van der Waals surface area contributed by atoms with E-state index in [-0.39, 0.29) is 17.4 Å². The summed E-state index contributed by atoms with van der Waals surface area (Å²) in [6, 6.07) is 12.2. The normalized spacial score (nSPS) is 17.0. The van der Waals surface area contributed by atoms with Crippen LogP contribution in [0.5, 0.6) is 5.75 Å². The number of fused-ring (bicyclic) bond motifs is 2. The molecule has 0 bridgehead atoms. The molecule has 2 aromatic carbocycles. The average molecular weight is 358 g/mol. The van der Waals surface area contributed by atoms with Crippen molar-refractivity contribution in [1.29, 1.82) is 0 Å². The van der Waals surface area contributed by atoms with Gasteiger partial charge in [-0.2, -0.15) is 0 Å². The molecule has 2 aliphatic heterocycles. The third kappa shape index (κ3) is 2.84. The van der Waals surface area contributed by atoms with Crippen molar-refractivity contribution < 1.29 is 17.9 Å². The molecule has 0 atom stereocenters. The Morgan fingerprint density at radius 2 is 1.92 bits per heavy atom. The number of benzene rings is 2. The maximum atomic E-state index is 13.2. The zero-order chi connectivity index (χ0) is 17.4. The van der Waals surface area contributed by atoms with Crippen LogP contribution in [0, 0.1) is 0 Å². The summed E-state index contributed by atoms with van der Waals surface area (Å²) in [4.78, 5) is 11.6. The Kier molecular flexibility index (Phi) is 3.88. The Morgan fingerprint density at radius 3 is 2.80 bits per heavy atom. The molecule has 130 valence electrons. The minimum atomic E-state index is -3.72. The second-order valence-electron chi connectivity index (χ2n) is 6.16. The summed E-state index contributed by atoms with van der Waals surface area (Å²) in [5.41, 5.74) is 2.16. The summed E-state index contributed by atoms with van der Waals surface area (Å²) in [6.07, 6.45) is 2.63. The van der Waals surface area contributed by atoms with Gasteiger partial charge in [-0.3, -0.25) is 9.10 Å². The van der Waals surface area contributed by atoms with Crippen molar-refractivity contribution >= 4 is 27.3 Å². The molecule has 0 unspecified atom stereocenters. The van der Waals surface area contributed by atoms with Crippen molar-refractivity contribution in [3.63, 3.8) is 0 Å². The Hall–Kier alpha value is -2.54. The monoisotopic (exact) mass is 358 g/mol. The molecule has 0 saturated heterocycles. The summed E-state index contributed by atoms with van der Waals surface area (Å²) in [6.45, 7) is 0.387. The summed E-state index contributed by atoms with van der Waals surface area (Å²) < 4.78 is 33.3. The molecule has 4 rings (SSSR count). The maximum absolute atomic E-state index is 13.2. The van der Waals surface area contributed by atoms with Crippen LogP contribution >= 0.6 is 0 Å². The highest BCUT2D eigenvalue weighted by Crippen LogP contribution is 2.34. The molecule has 1 N–H and O–H groups in total. The molecule has 0 radical (unpaired) electrons. The molecule has 1 amide bonds. The average Bonchev–Trinajstić information content (AvgIpc) is 2.84. The zero-order valence-electron chi connectivity index (χ0n) is 13.6. The Labute approximate surface area is 146 Å². The van der Waals surface area contributed by atoms with Crippen LogP contribution in [-0.2, 0) is 21.2 Å². The minimum absolute atomic E-state index is 0.0569. The molecule has 2 aliphatic rings. The van der Waals surface area contributed by atoms with Gasteiger partial charge in [-0.25, -0.2) is 8.42 Å². The van der Waals surface area contributed by atoms with E-state index in [4.69, 9.17) is 4.74 Å². The molecule has 7 heteroatoms. The van der Waals surface area contributed by atoms with Gasteiger partial charge in [0.15, 0.2) is 6.61 Å². The number of nitrogens with one attached hydrogen (secondary N) is 1. The number of hydrogen-bond acceptors (Lipinski definition) is 4. The number of amides is 1. The number of sulfonamides is 1. The lowest BCUT2D eigenvalue weighted by Crippen LogP contribution is -2.32. The summed E-state index contributed by atoms with van der Waals surface area (Å²) in [7, 11) is -3.72. The molecule has 0 fully saturated rings. The fourth-order valence-electron chi connectivity index (χ4n) is 3.26. The lowest BCUT2D eigenvalue weighted by atomic mass is 10.1. The quantitative estimate of drug-likeness (QED) is 0.895. The Morgan fingerprint density at radius 1 is 1.08 bits per heavy atom. The van der Waals surface area contributed by atoms with E-state index < -0.39 is 10.0 Å². The lowest BCUT2D eigenvalue weighted by molar-refractivity contribution is -0.118. The van der Waals surface area contributed by atoms with Gasteiger partial charge in [0.05, 0.1) is 16.3 Å². The van der Waals surface area contributed by atoms with Gasteiger partial charge in [0.25, 0.3) is 15.9 Å². The number of hydrogen-bond donors (Lipinski definition) is 1. The summed E-state index contributed by atoms with van der Waals surface area (Å²) >= 11 is 0. The molecule has 0 aromatic heterocycles. The second-order valence-corrected chi connectivity index (χ2v) is 8.02. The number of nitrogens with zero attached hydrogens (tertiary/aromatic N) is 1. The van der Waals surface area contributed by atoms with Crippen LogP contribution in [0.1, 0.15) is 18.4 Å². The fraction of sp³-hybridized carbons (Fsp3) is 0.278. The standard InChI is InChI=1S/C18H18N2O4S/c21-18-12-24-17-9-8-14(11-15(17)19-18)25(22,23)20-10-4-3-6-13-5-1-2-7-16(13)20/h1-2,5,7-9,11H,3-4,6,10,12H2,(H,19,21). The van der Waals surface area contributed by atoms with Crippen molar-refractivity contribution in [2.24, 2.45) is 0 Å². The molecular weight excluding hydrogens is 340 g/mol. The third-order valence-electron chi connectivity index (χ3n) is 4.49. The molecular formula is C18H18N2O4S. The van der Waals surface area contributed by atoms with E-state index in [2.05, 4.69) is 5.32 Å². The first-order valence-electron chi connectivity index (χ1n) is 8.23. The van der Waals surface area contributed by atoms with Gasteiger partial charge in [-0.05, 0) is 49.1 Å². The topological polar surface area (TPSA) is 75.7 Å². The highest BCUT2D eigenvalue weighted by molar-refractivity contribution is 7.92. The van der Waals surface area contributed by atoms with Gasteiger partial charge in [-0.15, -0.1) is 0 Å². The van der Waals surface area contributed by atoms with Gasteiger partial charge >= 0.3 is 0 Å². The molecule has 2 aromatic rings. The van der Waals surface area contributed by atoms with E-state index in [1.165, 1.54) is 16.4 Å². The van der Waals surface area contributed by atoms with E-state index >= 15 is 0 Å². The molecule has 0 spiro atoms. The minimum Gasteiger partial charge on any atom is -0.482 e. The largest absolute Gasteiger partial charge is 0.482 e. The van der Waals surface area contributed by atoms with Crippen LogP contribution < -0.4 is 14.4 Å². The van der Waals surface area contributed by atoms with Crippen LogP contribution in [0.15, 0.2) is 47.4 Å². The Bertz CT molecular complexity index is 940. The summed E-state index contributed by atoms with van der Waals surface area (Å²) in [5.74, 6) is 0.192. The predicted octanol–water partition coefficient (Wildman–Crippen LogP) is 2.55. The van der Waals surface area contributed by atoms with Gasteiger partial charge in [0, 0.05) is 6.54 Å². The number of ether oxygens (including phenoxy) is 1. The van der Waals surface area contributed by atoms with E-state index in [9.17, 15) is 13.2 Å². The highest BCUT2D eigenvalue weighted by atomic mass is 32.2. The lowest BCUT2D eigenvalue weighted by Gasteiger charge is -2.25. The van der Waals surface area contributed by atoms with Crippen LogP contribution in [0.4, 0.5) is 11.4 Å². The Balaban J connectivity index is 1.77. The van der Waals surface area contributed by atoms with Crippen LogP contribution in [0.2, 0.25) is 0 Å². The molecule has 6 nitrogen and oxygen atoms in total. The van der Waals surface area contributed by atoms with Crippen molar-refractivity contribution in [3.8, 4) is 5.75 Å². The number of para-hydroxylation sites is 1. The molecule has 2 heterocycles. The number of aryl methyl sites for hydroxylation is 1. The molecule has 0 saturated carbocycles.